The number of aryl methyl sites for hydroxylation is 1. The number of hydrogen-bond acceptors (Lipinski definition) is 2. The van der Waals surface area contributed by atoms with Gasteiger partial charge in [0.15, 0.2) is 0 Å². The van der Waals surface area contributed by atoms with Gasteiger partial charge in [-0.05, 0) is 42.7 Å². The number of nitrogens with two attached hydrogens (primary N) is 1. The van der Waals surface area contributed by atoms with Gasteiger partial charge in [-0.15, -0.1) is 0 Å². The molecule has 110 valence electrons. The summed E-state index contributed by atoms with van der Waals surface area (Å²) >= 11 is -2.36. The third kappa shape index (κ3) is 9.82. The maximum Gasteiger partial charge on any atom is 0.0152 e. The SMILES string of the molecule is Cc1ccc(CC(C)C)c(CC(C)C)c1.NS(=O)[O-]. The second kappa shape index (κ2) is 9.23. The largest absolute Gasteiger partial charge is 0.760 e. The van der Waals surface area contributed by atoms with Crippen LogP contribution in [0, 0.1) is 18.8 Å². The van der Waals surface area contributed by atoms with Crippen LogP contribution in [0.3, 0.4) is 0 Å². The Labute approximate surface area is 120 Å². The van der Waals surface area contributed by atoms with Crippen LogP contribution in [-0.4, -0.2) is 8.76 Å². The van der Waals surface area contributed by atoms with Gasteiger partial charge < -0.3 is 4.55 Å². The Morgan fingerprint density at radius 1 is 1.11 bits per heavy atom. The van der Waals surface area contributed by atoms with Gasteiger partial charge in [-0.25, -0.2) is 0 Å². The first-order valence-corrected chi connectivity index (χ1v) is 7.78. The first-order valence-electron chi connectivity index (χ1n) is 6.64. The predicted molar refractivity (Wildman–Crippen MR) is 81.4 cm³/mol. The molecule has 0 aliphatic carbocycles. The standard InChI is InChI=1S/C15H24.H3NO2S/c1-11(2)8-14-7-6-13(5)10-15(14)9-12(3)4;1-4(2)3/h6-7,10-12H,8-9H2,1-5H3;1H2,(H,2,3)/p-1. The summed E-state index contributed by atoms with van der Waals surface area (Å²) in [5.41, 5.74) is 4.49. The third-order valence-electron chi connectivity index (χ3n) is 2.62. The van der Waals surface area contributed by atoms with Crippen LogP contribution in [0.4, 0.5) is 0 Å². The third-order valence-corrected chi connectivity index (χ3v) is 2.62. The second-order valence-electron chi connectivity index (χ2n) is 5.73. The van der Waals surface area contributed by atoms with Crippen LogP contribution in [0.25, 0.3) is 0 Å². The topological polar surface area (TPSA) is 66.2 Å². The molecule has 1 aromatic rings. The van der Waals surface area contributed by atoms with Gasteiger partial charge in [0.05, 0.1) is 0 Å². The van der Waals surface area contributed by atoms with E-state index < -0.39 is 11.3 Å². The summed E-state index contributed by atoms with van der Waals surface area (Å²) in [5, 5.41) is 4.03. The van der Waals surface area contributed by atoms with Crippen LogP contribution >= 0.6 is 0 Å². The van der Waals surface area contributed by atoms with E-state index in [0.717, 1.165) is 11.8 Å². The first-order chi connectivity index (χ1) is 8.72. The summed E-state index contributed by atoms with van der Waals surface area (Å²) in [7, 11) is 0. The van der Waals surface area contributed by atoms with Crippen molar-refractivity contribution < 1.29 is 8.76 Å². The van der Waals surface area contributed by atoms with E-state index in [4.69, 9.17) is 8.76 Å². The van der Waals surface area contributed by atoms with Crippen LogP contribution < -0.4 is 5.14 Å². The zero-order chi connectivity index (χ0) is 15.0. The molecule has 0 spiro atoms. The molecule has 19 heavy (non-hydrogen) atoms. The minimum atomic E-state index is -2.36. The first kappa shape index (κ1) is 18.3. The summed E-state index contributed by atoms with van der Waals surface area (Å²) in [4.78, 5) is 0. The van der Waals surface area contributed by atoms with Gasteiger partial charge in [-0.3, -0.25) is 9.35 Å². The molecule has 4 heteroatoms. The van der Waals surface area contributed by atoms with Gasteiger partial charge in [0, 0.05) is 11.3 Å². The molecule has 0 amide bonds. The summed E-state index contributed by atoms with van der Waals surface area (Å²) < 4.78 is 17.6. The number of hydrogen-bond donors (Lipinski definition) is 1. The lowest BCUT2D eigenvalue weighted by molar-refractivity contribution is 0.539. The van der Waals surface area contributed by atoms with E-state index >= 15 is 0 Å². The highest BCUT2D eigenvalue weighted by atomic mass is 32.2. The van der Waals surface area contributed by atoms with Crippen LogP contribution in [0.1, 0.15) is 44.4 Å². The molecule has 0 aliphatic heterocycles. The zero-order valence-corrected chi connectivity index (χ0v) is 13.4. The Bertz CT molecular complexity index is 399. The smallest absolute Gasteiger partial charge is 0.0152 e. The Hall–Kier alpha value is -0.710. The van der Waals surface area contributed by atoms with E-state index in [2.05, 4.69) is 58.0 Å². The molecule has 1 rings (SSSR count). The minimum absolute atomic E-state index is 0.748. The average molecular weight is 284 g/mol. The van der Waals surface area contributed by atoms with Crippen LogP contribution in [0.15, 0.2) is 18.2 Å². The maximum atomic E-state index is 8.78. The molecule has 0 aromatic heterocycles. The zero-order valence-electron chi connectivity index (χ0n) is 12.6. The van der Waals surface area contributed by atoms with Crippen molar-refractivity contribution in [3.8, 4) is 0 Å². The molecule has 0 heterocycles. The summed E-state index contributed by atoms with van der Waals surface area (Å²) in [5.74, 6) is 1.50. The van der Waals surface area contributed by atoms with E-state index in [-0.39, 0.29) is 0 Å². The molecule has 0 fully saturated rings. The highest BCUT2D eigenvalue weighted by molar-refractivity contribution is 7.76. The Balaban J connectivity index is 0.000000711. The minimum Gasteiger partial charge on any atom is -0.760 e. The van der Waals surface area contributed by atoms with Crippen LogP contribution in [0.2, 0.25) is 0 Å². The van der Waals surface area contributed by atoms with Gasteiger partial charge in [0.1, 0.15) is 0 Å². The Kier molecular flexibility index (Phi) is 8.89. The van der Waals surface area contributed by atoms with Gasteiger partial charge in [0.25, 0.3) is 0 Å². The van der Waals surface area contributed by atoms with E-state index in [1.807, 2.05) is 0 Å². The van der Waals surface area contributed by atoms with Crippen LogP contribution in [0.5, 0.6) is 0 Å². The van der Waals surface area contributed by atoms with Crippen molar-refractivity contribution in [2.45, 2.75) is 47.5 Å². The number of benzene rings is 1. The molecular weight excluding hydrogens is 258 g/mol. The summed E-state index contributed by atoms with van der Waals surface area (Å²) in [6.07, 6.45) is 2.42. The highest BCUT2D eigenvalue weighted by Gasteiger charge is 2.06. The fourth-order valence-corrected chi connectivity index (χ4v) is 2.02. The Morgan fingerprint density at radius 2 is 1.53 bits per heavy atom. The molecule has 1 atom stereocenters. The van der Waals surface area contributed by atoms with Crippen molar-refractivity contribution in [1.29, 1.82) is 0 Å². The van der Waals surface area contributed by atoms with Crippen molar-refractivity contribution in [2.75, 3.05) is 0 Å². The normalized spacial score (nSPS) is 12.3. The molecule has 2 N–H and O–H groups in total. The molecule has 0 radical (unpaired) electrons. The lowest BCUT2D eigenvalue weighted by Gasteiger charge is -2.14. The van der Waals surface area contributed by atoms with E-state index in [0.29, 0.717) is 0 Å². The van der Waals surface area contributed by atoms with Crippen molar-refractivity contribution in [1.82, 2.24) is 0 Å². The molecular formula is C15H26NO2S-. The second-order valence-corrected chi connectivity index (χ2v) is 6.25. The lowest BCUT2D eigenvalue weighted by Crippen LogP contribution is -2.03. The Morgan fingerprint density at radius 3 is 1.95 bits per heavy atom. The average Bonchev–Trinajstić information content (AvgIpc) is 2.19. The van der Waals surface area contributed by atoms with Crippen molar-refractivity contribution in [3.63, 3.8) is 0 Å². The number of rotatable bonds is 4. The maximum absolute atomic E-state index is 8.78. The van der Waals surface area contributed by atoms with Crippen molar-refractivity contribution in [2.24, 2.45) is 17.0 Å². The molecule has 1 aromatic carbocycles. The fraction of sp³-hybridized carbons (Fsp3) is 0.600. The molecule has 0 bridgehead atoms. The highest BCUT2D eigenvalue weighted by Crippen LogP contribution is 2.19. The van der Waals surface area contributed by atoms with E-state index in [1.54, 1.807) is 11.1 Å². The van der Waals surface area contributed by atoms with Crippen LogP contribution in [-0.2, 0) is 24.1 Å². The molecule has 0 aliphatic rings. The molecule has 0 saturated carbocycles. The lowest BCUT2D eigenvalue weighted by atomic mass is 9.92. The van der Waals surface area contributed by atoms with E-state index in [9.17, 15) is 0 Å². The molecule has 0 saturated heterocycles. The summed E-state index contributed by atoms with van der Waals surface area (Å²) in [6, 6.07) is 6.91. The quantitative estimate of drug-likeness (QED) is 0.863. The fourth-order valence-electron chi connectivity index (χ4n) is 2.02. The van der Waals surface area contributed by atoms with Gasteiger partial charge in [-0.1, -0.05) is 51.5 Å². The monoisotopic (exact) mass is 284 g/mol. The van der Waals surface area contributed by atoms with Gasteiger partial charge in [-0.2, -0.15) is 0 Å². The van der Waals surface area contributed by atoms with Crippen molar-refractivity contribution in [3.05, 3.63) is 34.9 Å². The summed E-state index contributed by atoms with van der Waals surface area (Å²) in [6.45, 7) is 11.4. The van der Waals surface area contributed by atoms with Gasteiger partial charge in [0.2, 0.25) is 0 Å². The molecule has 1 unspecified atom stereocenters. The van der Waals surface area contributed by atoms with Gasteiger partial charge >= 0.3 is 0 Å². The predicted octanol–water partition coefficient (Wildman–Crippen LogP) is 3.13. The van der Waals surface area contributed by atoms with Crippen molar-refractivity contribution >= 4 is 11.3 Å². The van der Waals surface area contributed by atoms with E-state index in [1.165, 1.54) is 18.4 Å². The molecule has 3 nitrogen and oxygen atoms in total.